The van der Waals surface area contributed by atoms with Crippen LogP contribution in [-0.4, -0.2) is 47.2 Å². The number of hydrogen-bond acceptors (Lipinski definition) is 6. The number of nitrogens with zero attached hydrogens (tertiary/aromatic N) is 1. The molecule has 0 aliphatic rings. The maximum atomic E-state index is 10.3. The van der Waals surface area contributed by atoms with Crippen molar-refractivity contribution in [2.24, 2.45) is 0 Å². The Balaban J connectivity index is 1.97. The fraction of sp³-hybridized carbons (Fsp3) is 0.364. The van der Waals surface area contributed by atoms with Crippen LogP contribution >= 0.6 is 0 Å². The molecule has 0 bridgehead atoms. The van der Waals surface area contributed by atoms with Gasteiger partial charge in [0, 0.05) is 26.1 Å². The van der Waals surface area contributed by atoms with E-state index in [0.717, 1.165) is 11.1 Å². The van der Waals surface area contributed by atoms with E-state index >= 15 is 0 Å². The normalized spacial score (nSPS) is 12.7. The summed E-state index contributed by atoms with van der Waals surface area (Å²) in [6, 6.07) is 12.5. The van der Waals surface area contributed by atoms with Crippen molar-refractivity contribution in [1.82, 2.24) is 4.98 Å². The minimum Gasteiger partial charge on any atom is -0.491 e. The molecule has 6 nitrogen and oxygen atoms in total. The molecule has 0 aliphatic carbocycles. The Morgan fingerprint density at radius 2 is 1.93 bits per heavy atom. The Kier molecular flexibility index (Phi) is 9.42. The van der Waals surface area contributed by atoms with Gasteiger partial charge in [0.05, 0.1) is 25.0 Å². The molecular formula is C22H27NO5. The second-order valence-corrected chi connectivity index (χ2v) is 6.25. The van der Waals surface area contributed by atoms with Crippen LogP contribution in [0.4, 0.5) is 0 Å². The van der Waals surface area contributed by atoms with Crippen molar-refractivity contribution in [2.45, 2.75) is 25.0 Å². The van der Waals surface area contributed by atoms with Crippen LogP contribution in [0.2, 0.25) is 0 Å². The second kappa shape index (κ2) is 12.1. The predicted octanol–water partition coefficient (Wildman–Crippen LogP) is 2.73. The van der Waals surface area contributed by atoms with E-state index in [9.17, 15) is 10.2 Å². The number of pyridine rings is 1. The molecule has 2 atom stereocenters. The highest BCUT2D eigenvalue weighted by atomic mass is 16.5. The molecule has 28 heavy (non-hydrogen) atoms. The van der Waals surface area contributed by atoms with Crippen molar-refractivity contribution < 1.29 is 24.8 Å². The van der Waals surface area contributed by atoms with Crippen LogP contribution in [0.25, 0.3) is 0 Å². The van der Waals surface area contributed by atoms with Gasteiger partial charge in [0.2, 0.25) is 0 Å². The van der Waals surface area contributed by atoms with Crippen molar-refractivity contribution >= 4 is 0 Å². The molecule has 0 saturated heterocycles. The minimum absolute atomic E-state index is 0.0413. The van der Waals surface area contributed by atoms with Gasteiger partial charge in [-0.05, 0) is 41.5 Å². The molecule has 0 fully saturated rings. The SMILES string of the molecule is COCC(=C=CC[C@H](O)c1ccc(OCCO)cc1)C[C@H](O)c1ccccn1. The van der Waals surface area contributed by atoms with Crippen molar-refractivity contribution in [3.05, 3.63) is 77.3 Å². The van der Waals surface area contributed by atoms with Gasteiger partial charge in [-0.3, -0.25) is 4.98 Å². The summed E-state index contributed by atoms with van der Waals surface area (Å²) < 4.78 is 10.5. The number of aliphatic hydroxyl groups excluding tert-OH is 3. The Morgan fingerprint density at radius 3 is 2.57 bits per heavy atom. The van der Waals surface area contributed by atoms with Gasteiger partial charge >= 0.3 is 0 Å². The molecule has 150 valence electrons. The molecule has 6 heteroatoms. The zero-order chi connectivity index (χ0) is 20.2. The predicted molar refractivity (Wildman–Crippen MR) is 106 cm³/mol. The first-order valence-corrected chi connectivity index (χ1v) is 9.16. The van der Waals surface area contributed by atoms with Gasteiger partial charge in [0.1, 0.15) is 18.5 Å². The van der Waals surface area contributed by atoms with Crippen LogP contribution in [0.5, 0.6) is 5.75 Å². The van der Waals surface area contributed by atoms with Gasteiger partial charge in [-0.2, -0.15) is 0 Å². The van der Waals surface area contributed by atoms with E-state index in [2.05, 4.69) is 10.7 Å². The average molecular weight is 385 g/mol. The fourth-order valence-corrected chi connectivity index (χ4v) is 2.65. The van der Waals surface area contributed by atoms with Gasteiger partial charge in [-0.25, -0.2) is 0 Å². The first kappa shape index (κ1) is 21.8. The van der Waals surface area contributed by atoms with E-state index in [4.69, 9.17) is 14.6 Å². The van der Waals surface area contributed by atoms with Gasteiger partial charge < -0.3 is 24.8 Å². The highest BCUT2D eigenvalue weighted by Crippen LogP contribution is 2.22. The highest BCUT2D eigenvalue weighted by molar-refractivity contribution is 5.28. The molecule has 0 spiro atoms. The van der Waals surface area contributed by atoms with Gasteiger partial charge in [0.25, 0.3) is 0 Å². The molecule has 1 heterocycles. The lowest BCUT2D eigenvalue weighted by Crippen LogP contribution is -2.04. The standard InChI is InChI=1S/C22H27NO5/c1-27-16-17(15-22(26)20-6-2-3-12-23-20)5-4-7-21(25)18-8-10-19(11-9-18)28-14-13-24/h2-4,6,8-12,21-22,24-26H,7,13-16H2,1H3/t5?,21-,22-/m0/s1. The van der Waals surface area contributed by atoms with Crippen molar-refractivity contribution in [2.75, 3.05) is 26.9 Å². The van der Waals surface area contributed by atoms with E-state index in [1.165, 1.54) is 0 Å². The molecule has 2 aromatic rings. The van der Waals surface area contributed by atoms with E-state index in [1.54, 1.807) is 55.8 Å². The Bertz CT molecular complexity index is 754. The van der Waals surface area contributed by atoms with E-state index in [1.807, 2.05) is 6.07 Å². The van der Waals surface area contributed by atoms with Crippen LogP contribution in [0.15, 0.2) is 66.0 Å². The molecule has 0 saturated carbocycles. The molecular weight excluding hydrogens is 358 g/mol. The fourth-order valence-electron chi connectivity index (χ4n) is 2.65. The summed E-state index contributed by atoms with van der Waals surface area (Å²) in [4.78, 5) is 4.16. The minimum atomic E-state index is -0.733. The Hall–Kier alpha value is -2.47. The van der Waals surface area contributed by atoms with Crippen molar-refractivity contribution in [3.8, 4) is 5.75 Å². The molecule has 2 rings (SSSR count). The van der Waals surface area contributed by atoms with Crippen LogP contribution in [0.3, 0.4) is 0 Å². The third kappa shape index (κ3) is 7.27. The van der Waals surface area contributed by atoms with Crippen LogP contribution in [0, 0.1) is 0 Å². The zero-order valence-corrected chi connectivity index (χ0v) is 16.0. The maximum Gasteiger partial charge on any atom is 0.119 e. The Labute approximate surface area is 165 Å². The largest absolute Gasteiger partial charge is 0.491 e. The van der Waals surface area contributed by atoms with Crippen LogP contribution in [-0.2, 0) is 4.74 Å². The lowest BCUT2D eigenvalue weighted by molar-refractivity contribution is 0.160. The van der Waals surface area contributed by atoms with E-state index in [-0.39, 0.29) is 13.2 Å². The summed E-state index contributed by atoms with van der Waals surface area (Å²) in [7, 11) is 1.59. The van der Waals surface area contributed by atoms with Gasteiger partial charge in [-0.15, -0.1) is 5.73 Å². The lowest BCUT2D eigenvalue weighted by atomic mass is 10.0. The number of benzene rings is 1. The Morgan fingerprint density at radius 1 is 1.14 bits per heavy atom. The van der Waals surface area contributed by atoms with Crippen molar-refractivity contribution in [3.63, 3.8) is 0 Å². The average Bonchev–Trinajstić information content (AvgIpc) is 2.73. The quantitative estimate of drug-likeness (QED) is 0.515. The number of aromatic nitrogens is 1. The number of ether oxygens (including phenoxy) is 2. The summed E-state index contributed by atoms with van der Waals surface area (Å²) >= 11 is 0. The number of hydrogen-bond donors (Lipinski definition) is 3. The molecule has 0 unspecified atom stereocenters. The topological polar surface area (TPSA) is 92.0 Å². The smallest absolute Gasteiger partial charge is 0.119 e. The number of aliphatic hydroxyl groups is 3. The summed E-state index contributed by atoms with van der Waals surface area (Å²) in [5.74, 6) is 0.645. The second-order valence-electron chi connectivity index (χ2n) is 6.25. The summed E-state index contributed by atoms with van der Waals surface area (Å²) in [5.41, 5.74) is 5.28. The third-order valence-electron chi connectivity index (χ3n) is 4.06. The zero-order valence-electron chi connectivity index (χ0n) is 16.0. The molecule has 0 radical (unpaired) electrons. The third-order valence-corrected chi connectivity index (χ3v) is 4.06. The summed E-state index contributed by atoms with van der Waals surface area (Å²) in [6.07, 6.45) is 2.72. The molecule has 0 amide bonds. The molecule has 1 aromatic carbocycles. The van der Waals surface area contributed by atoms with Gasteiger partial charge in [0.15, 0.2) is 0 Å². The molecule has 0 aliphatic heterocycles. The van der Waals surface area contributed by atoms with Crippen molar-refractivity contribution in [1.29, 1.82) is 0 Å². The lowest BCUT2D eigenvalue weighted by Gasteiger charge is -2.11. The van der Waals surface area contributed by atoms with E-state index < -0.39 is 12.2 Å². The summed E-state index contributed by atoms with van der Waals surface area (Å²) in [6.45, 7) is 0.537. The first-order valence-electron chi connectivity index (χ1n) is 9.16. The number of rotatable bonds is 11. The van der Waals surface area contributed by atoms with Gasteiger partial charge in [-0.1, -0.05) is 18.2 Å². The first-order chi connectivity index (χ1) is 13.6. The molecule has 1 aromatic heterocycles. The molecule has 3 N–H and O–H groups in total. The summed E-state index contributed by atoms with van der Waals surface area (Å²) in [5, 5.41) is 29.4. The maximum absolute atomic E-state index is 10.3. The van der Waals surface area contributed by atoms with Crippen LogP contribution < -0.4 is 4.74 Å². The monoisotopic (exact) mass is 385 g/mol. The highest BCUT2D eigenvalue weighted by Gasteiger charge is 2.11. The van der Waals surface area contributed by atoms with Crippen LogP contribution in [0.1, 0.15) is 36.3 Å². The number of methoxy groups -OCH3 is 1. The van der Waals surface area contributed by atoms with E-state index in [0.29, 0.717) is 30.9 Å².